The standard InChI is InChI=1S/C23H32N2O2/c1-4-25(5-2)22(21-15-10-7-11-16-21)23(26)24-17-12-18-27-19(3)20-13-8-6-9-14-20/h6-11,13-16,19,22H,4-5,12,17-18H2,1-3H3,(H,24,26). The Morgan fingerprint density at radius 3 is 2.07 bits per heavy atom. The third kappa shape index (κ3) is 6.49. The second kappa shape index (κ2) is 11.5. The van der Waals surface area contributed by atoms with Crippen LogP contribution in [0.5, 0.6) is 0 Å². The van der Waals surface area contributed by atoms with E-state index >= 15 is 0 Å². The van der Waals surface area contributed by atoms with Crippen LogP contribution < -0.4 is 5.32 Å². The Kier molecular flexibility index (Phi) is 9.02. The Morgan fingerprint density at radius 2 is 1.52 bits per heavy atom. The average molecular weight is 369 g/mol. The summed E-state index contributed by atoms with van der Waals surface area (Å²) >= 11 is 0. The summed E-state index contributed by atoms with van der Waals surface area (Å²) in [5.74, 6) is 0.0565. The first-order valence-corrected chi connectivity index (χ1v) is 9.90. The Morgan fingerprint density at radius 1 is 0.963 bits per heavy atom. The van der Waals surface area contributed by atoms with Gasteiger partial charge in [-0.3, -0.25) is 9.69 Å². The number of benzene rings is 2. The van der Waals surface area contributed by atoms with Gasteiger partial charge in [-0.05, 0) is 37.6 Å². The van der Waals surface area contributed by atoms with Gasteiger partial charge in [0.1, 0.15) is 6.04 Å². The maximum Gasteiger partial charge on any atom is 0.241 e. The lowest BCUT2D eigenvalue weighted by atomic mass is 10.0. The molecule has 0 bridgehead atoms. The van der Waals surface area contributed by atoms with Crippen LogP contribution in [0.15, 0.2) is 60.7 Å². The van der Waals surface area contributed by atoms with Gasteiger partial charge < -0.3 is 10.1 Å². The van der Waals surface area contributed by atoms with Gasteiger partial charge >= 0.3 is 0 Å². The van der Waals surface area contributed by atoms with Crippen LogP contribution in [0.4, 0.5) is 0 Å². The van der Waals surface area contributed by atoms with Crippen LogP contribution in [0, 0.1) is 0 Å². The molecule has 2 atom stereocenters. The third-order valence-corrected chi connectivity index (χ3v) is 4.80. The van der Waals surface area contributed by atoms with Gasteiger partial charge in [0, 0.05) is 13.2 Å². The fourth-order valence-corrected chi connectivity index (χ4v) is 3.21. The van der Waals surface area contributed by atoms with Gasteiger partial charge in [0.2, 0.25) is 5.91 Å². The summed E-state index contributed by atoms with van der Waals surface area (Å²) in [4.78, 5) is 15.0. The van der Waals surface area contributed by atoms with E-state index < -0.39 is 0 Å². The van der Waals surface area contributed by atoms with E-state index in [1.807, 2.05) is 48.5 Å². The summed E-state index contributed by atoms with van der Waals surface area (Å²) in [6.07, 6.45) is 0.859. The van der Waals surface area contributed by atoms with Crippen molar-refractivity contribution >= 4 is 5.91 Å². The number of nitrogens with one attached hydrogen (secondary N) is 1. The van der Waals surface area contributed by atoms with Gasteiger partial charge in [-0.1, -0.05) is 74.5 Å². The van der Waals surface area contributed by atoms with Crippen LogP contribution in [0.2, 0.25) is 0 Å². The van der Waals surface area contributed by atoms with Crippen molar-refractivity contribution in [3.63, 3.8) is 0 Å². The number of ether oxygens (including phenoxy) is 1. The number of likely N-dealkylation sites (N-methyl/N-ethyl adjacent to an activating group) is 1. The first kappa shape index (κ1) is 21.1. The molecule has 0 radical (unpaired) electrons. The molecule has 4 nitrogen and oxygen atoms in total. The minimum absolute atomic E-state index is 0.0565. The fraction of sp³-hybridized carbons (Fsp3) is 0.435. The lowest BCUT2D eigenvalue weighted by molar-refractivity contribution is -0.126. The van der Waals surface area contributed by atoms with Crippen LogP contribution in [-0.2, 0) is 9.53 Å². The highest BCUT2D eigenvalue weighted by Crippen LogP contribution is 2.20. The Balaban J connectivity index is 1.81. The van der Waals surface area contributed by atoms with Gasteiger partial charge in [0.05, 0.1) is 6.10 Å². The zero-order valence-corrected chi connectivity index (χ0v) is 16.7. The normalized spacial score (nSPS) is 13.3. The van der Waals surface area contributed by atoms with E-state index in [2.05, 4.69) is 43.1 Å². The molecule has 0 aliphatic rings. The molecule has 0 heterocycles. The van der Waals surface area contributed by atoms with E-state index in [9.17, 15) is 4.79 Å². The maximum atomic E-state index is 12.8. The Hall–Kier alpha value is -2.17. The van der Waals surface area contributed by atoms with Crippen LogP contribution >= 0.6 is 0 Å². The van der Waals surface area contributed by atoms with Gasteiger partial charge in [-0.25, -0.2) is 0 Å². The van der Waals surface area contributed by atoms with Crippen molar-refractivity contribution in [3.8, 4) is 0 Å². The summed E-state index contributed by atoms with van der Waals surface area (Å²) < 4.78 is 5.88. The third-order valence-electron chi connectivity index (χ3n) is 4.80. The summed E-state index contributed by atoms with van der Waals surface area (Å²) in [6.45, 7) is 9.14. The van der Waals surface area contributed by atoms with Crippen LogP contribution in [0.3, 0.4) is 0 Å². The molecule has 0 aromatic heterocycles. The zero-order valence-electron chi connectivity index (χ0n) is 16.7. The van der Waals surface area contributed by atoms with Crippen molar-refractivity contribution in [2.75, 3.05) is 26.2 Å². The molecule has 2 rings (SSSR count). The van der Waals surface area contributed by atoms with Crippen molar-refractivity contribution < 1.29 is 9.53 Å². The summed E-state index contributed by atoms with van der Waals surface area (Å²) in [6, 6.07) is 19.9. The van der Waals surface area contributed by atoms with Crippen molar-refractivity contribution in [3.05, 3.63) is 71.8 Å². The number of nitrogens with zero attached hydrogens (tertiary/aromatic N) is 1. The highest BCUT2D eigenvalue weighted by molar-refractivity contribution is 5.83. The van der Waals surface area contributed by atoms with Gasteiger partial charge in [0.15, 0.2) is 0 Å². The lowest BCUT2D eigenvalue weighted by Crippen LogP contribution is -2.41. The maximum absolute atomic E-state index is 12.8. The van der Waals surface area contributed by atoms with E-state index in [0.717, 1.165) is 25.1 Å². The molecule has 0 saturated carbocycles. The zero-order chi connectivity index (χ0) is 19.5. The minimum atomic E-state index is -0.245. The molecule has 2 aromatic rings. The molecule has 1 amide bonds. The number of hydrogen-bond donors (Lipinski definition) is 1. The minimum Gasteiger partial charge on any atom is -0.374 e. The van der Waals surface area contributed by atoms with Crippen LogP contribution in [0.1, 0.15) is 50.5 Å². The molecule has 0 spiro atoms. The molecule has 4 heteroatoms. The van der Waals surface area contributed by atoms with Crippen LogP contribution in [-0.4, -0.2) is 37.0 Å². The molecule has 0 aliphatic carbocycles. The van der Waals surface area contributed by atoms with E-state index in [1.54, 1.807) is 0 Å². The monoisotopic (exact) mass is 368 g/mol. The SMILES string of the molecule is CCN(CC)C(C(=O)NCCCOC(C)c1ccccc1)c1ccccc1. The first-order chi connectivity index (χ1) is 13.2. The van der Waals surface area contributed by atoms with Crippen molar-refractivity contribution in [1.82, 2.24) is 10.2 Å². The smallest absolute Gasteiger partial charge is 0.241 e. The largest absolute Gasteiger partial charge is 0.374 e. The van der Waals surface area contributed by atoms with Crippen molar-refractivity contribution in [2.24, 2.45) is 0 Å². The Labute approximate surface area is 163 Å². The first-order valence-electron chi connectivity index (χ1n) is 9.90. The average Bonchev–Trinajstić information content (AvgIpc) is 2.72. The molecular weight excluding hydrogens is 336 g/mol. The number of carbonyl (C=O) groups excluding carboxylic acids is 1. The molecule has 146 valence electrons. The molecule has 0 saturated heterocycles. The van der Waals surface area contributed by atoms with E-state index in [-0.39, 0.29) is 18.1 Å². The van der Waals surface area contributed by atoms with E-state index in [0.29, 0.717) is 13.2 Å². The van der Waals surface area contributed by atoms with E-state index in [1.165, 1.54) is 5.56 Å². The summed E-state index contributed by atoms with van der Waals surface area (Å²) in [5, 5.41) is 3.08. The van der Waals surface area contributed by atoms with Gasteiger partial charge in [-0.2, -0.15) is 0 Å². The number of hydrogen-bond acceptors (Lipinski definition) is 3. The highest BCUT2D eigenvalue weighted by Gasteiger charge is 2.25. The molecule has 0 fully saturated rings. The highest BCUT2D eigenvalue weighted by atomic mass is 16.5. The topological polar surface area (TPSA) is 41.6 Å². The second-order valence-corrected chi connectivity index (χ2v) is 6.60. The second-order valence-electron chi connectivity index (χ2n) is 6.60. The molecule has 1 N–H and O–H groups in total. The molecule has 2 aromatic carbocycles. The summed E-state index contributed by atoms with van der Waals surface area (Å²) in [7, 11) is 0. The van der Waals surface area contributed by atoms with E-state index in [4.69, 9.17) is 4.74 Å². The number of carbonyl (C=O) groups is 1. The fourth-order valence-electron chi connectivity index (χ4n) is 3.21. The van der Waals surface area contributed by atoms with Crippen molar-refractivity contribution in [2.45, 2.75) is 39.3 Å². The molecular formula is C23H32N2O2. The molecule has 2 unspecified atom stereocenters. The predicted octanol–water partition coefficient (Wildman–Crippen LogP) is 4.35. The quantitative estimate of drug-likeness (QED) is 0.600. The van der Waals surface area contributed by atoms with Gasteiger partial charge in [-0.15, -0.1) is 0 Å². The molecule has 27 heavy (non-hydrogen) atoms. The van der Waals surface area contributed by atoms with Gasteiger partial charge in [0.25, 0.3) is 0 Å². The van der Waals surface area contributed by atoms with Crippen molar-refractivity contribution in [1.29, 1.82) is 0 Å². The van der Waals surface area contributed by atoms with Crippen LogP contribution in [0.25, 0.3) is 0 Å². The number of rotatable bonds is 11. The number of amides is 1. The lowest BCUT2D eigenvalue weighted by Gasteiger charge is -2.29. The predicted molar refractivity (Wildman–Crippen MR) is 111 cm³/mol. The summed E-state index contributed by atoms with van der Waals surface area (Å²) in [5.41, 5.74) is 2.21. The Bertz CT molecular complexity index is 657. The molecule has 0 aliphatic heterocycles.